The summed E-state index contributed by atoms with van der Waals surface area (Å²) in [6, 6.07) is 0. The molecular formula is C14H19NO2. The van der Waals surface area contributed by atoms with Crippen LogP contribution in [-0.4, -0.2) is 19.1 Å². The number of ether oxygens (including phenoxy) is 1. The first-order valence-corrected chi connectivity index (χ1v) is 6.16. The highest BCUT2D eigenvalue weighted by atomic mass is 16.5. The standard InChI is InChI=1S/C14H19NO2/c1-3-14(16)15-11-7-8-12-10(9-11)5-4-6-13(12)17-2/h4-6,9,12-13H,3,7-8H2,1-2H3,(H,15,16). The fourth-order valence-electron chi connectivity index (χ4n) is 2.40. The number of hydrogen-bond donors (Lipinski definition) is 1. The van der Waals surface area contributed by atoms with Gasteiger partial charge in [-0.3, -0.25) is 4.79 Å². The Morgan fingerprint density at radius 3 is 3.12 bits per heavy atom. The maximum absolute atomic E-state index is 11.4. The largest absolute Gasteiger partial charge is 0.377 e. The molecule has 2 aliphatic carbocycles. The molecule has 17 heavy (non-hydrogen) atoms. The number of allylic oxidation sites excluding steroid dienone is 4. The summed E-state index contributed by atoms with van der Waals surface area (Å²) in [5.74, 6) is 0.525. The Bertz CT molecular complexity index is 393. The molecule has 0 heterocycles. The van der Waals surface area contributed by atoms with E-state index in [1.165, 1.54) is 5.57 Å². The van der Waals surface area contributed by atoms with Gasteiger partial charge in [0.15, 0.2) is 0 Å². The van der Waals surface area contributed by atoms with Gasteiger partial charge in [-0.05, 0) is 24.5 Å². The number of carbonyl (C=O) groups is 1. The zero-order chi connectivity index (χ0) is 12.3. The third-order valence-corrected chi connectivity index (χ3v) is 3.37. The van der Waals surface area contributed by atoms with Crippen molar-refractivity contribution in [2.75, 3.05) is 7.11 Å². The molecule has 0 saturated heterocycles. The lowest BCUT2D eigenvalue weighted by Gasteiger charge is -2.31. The Kier molecular flexibility index (Phi) is 3.79. The Morgan fingerprint density at radius 1 is 1.59 bits per heavy atom. The van der Waals surface area contributed by atoms with Gasteiger partial charge in [0, 0.05) is 25.1 Å². The fraction of sp³-hybridized carbons (Fsp3) is 0.500. The molecule has 92 valence electrons. The summed E-state index contributed by atoms with van der Waals surface area (Å²) in [4.78, 5) is 11.4. The molecule has 1 amide bonds. The minimum Gasteiger partial charge on any atom is -0.377 e. The van der Waals surface area contributed by atoms with Crippen LogP contribution in [0.15, 0.2) is 35.6 Å². The van der Waals surface area contributed by atoms with Gasteiger partial charge >= 0.3 is 0 Å². The second-order valence-corrected chi connectivity index (χ2v) is 4.47. The lowest BCUT2D eigenvalue weighted by atomic mass is 9.81. The predicted molar refractivity (Wildman–Crippen MR) is 67.3 cm³/mol. The Labute approximate surface area is 102 Å². The van der Waals surface area contributed by atoms with E-state index in [2.05, 4.69) is 23.5 Å². The monoisotopic (exact) mass is 233 g/mol. The molecule has 0 aliphatic heterocycles. The van der Waals surface area contributed by atoms with Gasteiger partial charge < -0.3 is 10.1 Å². The molecule has 0 bridgehead atoms. The SMILES string of the molecule is CCC(=O)NC1=CC2=CC=CC(OC)C2CC1. The summed E-state index contributed by atoms with van der Waals surface area (Å²) in [6.45, 7) is 1.87. The van der Waals surface area contributed by atoms with Gasteiger partial charge in [0.05, 0.1) is 6.10 Å². The average molecular weight is 233 g/mol. The van der Waals surface area contributed by atoms with Crippen molar-refractivity contribution in [1.29, 1.82) is 0 Å². The van der Waals surface area contributed by atoms with E-state index in [9.17, 15) is 4.79 Å². The van der Waals surface area contributed by atoms with Crippen molar-refractivity contribution in [2.45, 2.75) is 32.3 Å². The third kappa shape index (κ3) is 2.67. The smallest absolute Gasteiger partial charge is 0.223 e. The summed E-state index contributed by atoms with van der Waals surface area (Å²) in [5.41, 5.74) is 2.29. The molecule has 2 unspecified atom stereocenters. The number of nitrogens with one attached hydrogen (secondary N) is 1. The molecule has 0 radical (unpaired) electrons. The van der Waals surface area contributed by atoms with Crippen molar-refractivity contribution in [1.82, 2.24) is 5.32 Å². The third-order valence-electron chi connectivity index (χ3n) is 3.37. The molecule has 0 aromatic rings. The minimum absolute atomic E-state index is 0.0879. The predicted octanol–water partition coefficient (Wildman–Crippen LogP) is 2.32. The highest BCUT2D eigenvalue weighted by Gasteiger charge is 2.27. The van der Waals surface area contributed by atoms with Crippen LogP contribution in [0.1, 0.15) is 26.2 Å². The molecule has 3 nitrogen and oxygen atoms in total. The lowest BCUT2D eigenvalue weighted by Crippen LogP contribution is -2.30. The van der Waals surface area contributed by atoms with E-state index in [-0.39, 0.29) is 12.0 Å². The first kappa shape index (κ1) is 12.1. The number of hydrogen-bond acceptors (Lipinski definition) is 2. The molecule has 2 rings (SSSR count). The van der Waals surface area contributed by atoms with Crippen LogP contribution in [0.5, 0.6) is 0 Å². The zero-order valence-corrected chi connectivity index (χ0v) is 10.4. The van der Waals surface area contributed by atoms with Crippen LogP contribution in [0.25, 0.3) is 0 Å². The van der Waals surface area contributed by atoms with Crippen LogP contribution in [-0.2, 0) is 9.53 Å². The molecular weight excluding hydrogens is 214 g/mol. The van der Waals surface area contributed by atoms with E-state index in [1.54, 1.807) is 7.11 Å². The summed E-state index contributed by atoms with van der Waals surface area (Å²) in [5, 5.41) is 2.95. The molecule has 0 aromatic carbocycles. The van der Waals surface area contributed by atoms with Crippen LogP contribution >= 0.6 is 0 Å². The molecule has 1 N–H and O–H groups in total. The lowest BCUT2D eigenvalue weighted by molar-refractivity contribution is -0.120. The van der Waals surface area contributed by atoms with Crippen molar-refractivity contribution >= 4 is 5.91 Å². The maximum Gasteiger partial charge on any atom is 0.223 e. The second-order valence-electron chi connectivity index (χ2n) is 4.47. The highest BCUT2D eigenvalue weighted by molar-refractivity contribution is 5.77. The number of methoxy groups -OCH3 is 1. The molecule has 0 fully saturated rings. The molecule has 2 aliphatic rings. The van der Waals surface area contributed by atoms with Crippen molar-refractivity contribution in [3.05, 3.63) is 35.6 Å². The van der Waals surface area contributed by atoms with Crippen molar-refractivity contribution in [3.63, 3.8) is 0 Å². The number of carbonyl (C=O) groups excluding carboxylic acids is 1. The molecule has 0 saturated carbocycles. The van der Waals surface area contributed by atoms with Gasteiger partial charge in [0.2, 0.25) is 5.91 Å². The maximum atomic E-state index is 11.4. The normalized spacial score (nSPS) is 26.9. The summed E-state index contributed by atoms with van der Waals surface area (Å²) in [6.07, 6.45) is 11.0. The van der Waals surface area contributed by atoms with E-state index >= 15 is 0 Å². The van der Waals surface area contributed by atoms with E-state index in [0.29, 0.717) is 12.3 Å². The van der Waals surface area contributed by atoms with Crippen LogP contribution in [0.3, 0.4) is 0 Å². The van der Waals surface area contributed by atoms with Crippen LogP contribution in [0, 0.1) is 5.92 Å². The van der Waals surface area contributed by atoms with Crippen molar-refractivity contribution in [2.24, 2.45) is 5.92 Å². The van der Waals surface area contributed by atoms with Crippen LogP contribution in [0.2, 0.25) is 0 Å². The van der Waals surface area contributed by atoms with E-state index < -0.39 is 0 Å². The first-order chi connectivity index (χ1) is 8.24. The van der Waals surface area contributed by atoms with Crippen molar-refractivity contribution in [3.8, 4) is 0 Å². The number of amides is 1. The zero-order valence-electron chi connectivity index (χ0n) is 10.4. The van der Waals surface area contributed by atoms with Crippen molar-refractivity contribution < 1.29 is 9.53 Å². The average Bonchev–Trinajstić information content (AvgIpc) is 2.37. The van der Waals surface area contributed by atoms with Gasteiger partial charge in [-0.25, -0.2) is 0 Å². The molecule has 0 aromatic heterocycles. The van der Waals surface area contributed by atoms with E-state index in [4.69, 9.17) is 4.74 Å². The van der Waals surface area contributed by atoms with E-state index in [0.717, 1.165) is 18.5 Å². The van der Waals surface area contributed by atoms with Gasteiger partial charge in [0.25, 0.3) is 0 Å². The Balaban J connectivity index is 2.11. The fourth-order valence-corrected chi connectivity index (χ4v) is 2.40. The Hall–Kier alpha value is -1.35. The second kappa shape index (κ2) is 5.32. The summed E-state index contributed by atoms with van der Waals surface area (Å²) in [7, 11) is 1.75. The van der Waals surface area contributed by atoms with Gasteiger partial charge in [-0.2, -0.15) is 0 Å². The summed E-state index contributed by atoms with van der Waals surface area (Å²) >= 11 is 0. The number of fused-ring (bicyclic) bond motifs is 1. The summed E-state index contributed by atoms with van der Waals surface area (Å²) < 4.78 is 5.45. The van der Waals surface area contributed by atoms with E-state index in [1.807, 2.05) is 13.0 Å². The van der Waals surface area contributed by atoms with Gasteiger partial charge in [-0.1, -0.05) is 25.2 Å². The highest BCUT2D eigenvalue weighted by Crippen LogP contribution is 2.33. The number of rotatable bonds is 3. The van der Waals surface area contributed by atoms with Gasteiger partial charge in [0.1, 0.15) is 0 Å². The first-order valence-electron chi connectivity index (χ1n) is 6.16. The quantitative estimate of drug-likeness (QED) is 0.812. The van der Waals surface area contributed by atoms with Gasteiger partial charge in [-0.15, -0.1) is 0 Å². The Morgan fingerprint density at radius 2 is 2.41 bits per heavy atom. The van der Waals surface area contributed by atoms with Crippen LogP contribution in [0.4, 0.5) is 0 Å². The molecule has 2 atom stereocenters. The minimum atomic E-state index is 0.0879. The topological polar surface area (TPSA) is 38.3 Å². The molecule has 3 heteroatoms. The van der Waals surface area contributed by atoms with Crippen LogP contribution < -0.4 is 5.32 Å². The molecule has 0 spiro atoms.